The van der Waals surface area contributed by atoms with Crippen molar-refractivity contribution in [1.29, 1.82) is 0 Å². The van der Waals surface area contributed by atoms with Gasteiger partial charge in [-0.2, -0.15) is 0 Å². The van der Waals surface area contributed by atoms with Crippen LogP contribution < -0.4 is 10.5 Å². The molecule has 0 bridgehead atoms. The number of ether oxygens (including phenoxy) is 1. The molecular weight excluding hydrogens is 282 g/mol. The van der Waals surface area contributed by atoms with E-state index in [1.165, 1.54) is 11.1 Å². The predicted octanol–water partition coefficient (Wildman–Crippen LogP) is 5.11. The molecule has 2 aromatic carbocycles. The monoisotopic (exact) mass is 303 g/mol. The van der Waals surface area contributed by atoms with Gasteiger partial charge in [-0.1, -0.05) is 50.6 Å². The Kier molecular flexibility index (Phi) is 4.48. The van der Waals surface area contributed by atoms with Gasteiger partial charge in [-0.25, -0.2) is 0 Å². The molecule has 2 aromatic rings. The van der Waals surface area contributed by atoms with Crippen LogP contribution in [0.15, 0.2) is 36.4 Å². The van der Waals surface area contributed by atoms with Crippen molar-refractivity contribution in [2.75, 3.05) is 5.73 Å². The summed E-state index contributed by atoms with van der Waals surface area (Å²) >= 11 is 6.20. The Bertz CT molecular complexity index is 624. The highest BCUT2D eigenvalue weighted by Gasteiger charge is 2.19. The van der Waals surface area contributed by atoms with E-state index in [0.29, 0.717) is 17.3 Å². The minimum Gasteiger partial charge on any atom is -0.488 e. The molecule has 0 amide bonds. The maximum absolute atomic E-state index is 6.20. The molecule has 0 aliphatic rings. The predicted molar refractivity (Wildman–Crippen MR) is 90.1 cm³/mol. The SMILES string of the molecule is Cc1ccc(C(C)(C)C)c(OCc2c(N)cccc2Cl)c1. The van der Waals surface area contributed by atoms with Gasteiger partial charge in [0, 0.05) is 16.3 Å². The average Bonchev–Trinajstić information content (AvgIpc) is 2.36. The summed E-state index contributed by atoms with van der Waals surface area (Å²) in [5.74, 6) is 0.891. The first-order chi connectivity index (χ1) is 9.79. The Labute approximate surface area is 131 Å². The van der Waals surface area contributed by atoms with Crippen molar-refractivity contribution in [2.45, 2.75) is 39.7 Å². The molecule has 2 nitrogen and oxygen atoms in total. The van der Waals surface area contributed by atoms with E-state index in [4.69, 9.17) is 22.1 Å². The molecule has 0 aliphatic carbocycles. The van der Waals surface area contributed by atoms with Gasteiger partial charge in [0.2, 0.25) is 0 Å². The fraction of sp³-hybridized carbons (Fsp3) is 0.333. The highest BCUT2D eigenvalue weighted by Crippen LogP contribution is 2.33. The lowest BCUT2D eigenvalue weighted by Gasteiger charge is -2.23. The Balaban J connectivity index is 2.30. The van der Waals surface area contributed by atoms with Gasteiger partial charge in [0.15, 0.2) is 0 Å². The highest BCUT2D eigenvalue weighted by molar-refractivity contribution is 6.31. The smallest absolute Gasteiger partial charge is 0.123 e. The fourth-order valence-electron chi connectivity index (χ4n) is 2.25. The maximum Gasteiger partial charge on any atom is 0.123 e. The summed E-state index contributed by atoms with van der Waals surface area (Å²) in [4.78, 5) is 0. The van der Waals surface area contributed by atoms with Gasteiger partial charge in [0.1, 0.15) is 12.4 Å². The van der Waals surface area contributed by atoms with Gasteiger partial charge < -0.3 is 10.5 Å². The number of nitrogens with two attached hydrogens (primary N) is 1. The minimum atomic E-state index is 0.0229. The van der Waals surface area contributed by atoms with Crippen molar-refractivity contribution in [2.24, 2.45) is 0 Å². The fourth-order valence-corrected chi connectivity index (χ4v) is 2.48. The Hall–Kier alpha value is -1.67. The van der Waals surface area contributed by atoms with E-state index in [1.54, 1.807) is 0 Å². The lowest BCUT2D eigenvalue weighted by molar-refractivity contribution is 0.298. The van der Waals surface area contributed by atoms with Crippen LogP contribution in [0.3, 0.4) is 0 Å². The van der Waals surface area contributed by atoms with Crippen molar-refractivity contribution in [3.05, 3.63) is 58.1 Å². The molecule has 0 radical (unpaired) electrons. The molecule has 3 heteroatoms. The van der Waals surface area contributed by atoms with Gasteiger partial charge in [-0.3, -0.25) is 0 Å². The molecule has 0 saturated heterocycles. The third-order valence-corrected chi connectivity index (χ3v) is 3.83. The van der Waals surface area contributed by atoms with Crippen molar-refractivity contribution < 1.29 is 4.74 Å². The second-order valence-electron chi connectivity index (χ2n) is 6.35. The first kappa shape index (κ1) is 15.7. The average molecular weight is 304 g/mol. The summed E-state index contributed by atoms with van der Waals surface area (Å²) in [7, 11) is 0. The molecule has 21 heavy (non-hydrogen) atoms. The summed E-state index contributed by atoms with van der Waals surface area (Å²) in [6.07, 6.45) is 0. The summed E-state index contributed by atoms with van der Waals surface area (Å²) in [5, 5.41) is 0.639. The standard InChI is InChI=1S/C18H22ClNO/c1-12-8-9-14(18(2,3)4)17(10-12)21-11-13-15(19)6-5-7-16(13)20/h5-10H,11,20H2,1-4H3. The minimum absolute atomic E-state index is 0.0229. The summed E-state index contributed by atoms with van der Waals surface area (Å²) in [5.41, 5.74) is 9.84. The lowest BCUT2D eigenvalue weighted by atomic mass is 9.86. The van der Waals surface area contributed by atoms with E-state index in [2.05, 4.69) is 45.9 Å². The van der Waals surface area contributed by atoms with Crippen LogP contribution in [-0.4, -0.2) is 0 Å². The van der Waals surface area contributed by atoms with E-state index in [1.807, 2.05) is 18.2 Å². The number of benzene rings is 2. The first-order valence-corrected chi connectivity index (χ1v) is 7.43. The Morgan fingerprint density at radius 1 is 1.14 bits per heavy atom. The van der Waals surface area contributed by atoms with Gasteiger partial charge >= 0.3 is 0 Å². The van der Waals surface area contributed by atoms with Crippen LogP contribution in [-0.2, 0) is 12.0 Å². The van der Waals surface area contributed by atoms with Gasteiger partial charge in [0.25, 0.3) is 0 Å². The van der Waals surface area contributed by atoms with E-state index in [0.717, 1.165) is 11.3 Å². The second-order valence-corrected chi connectivity index (χ2v) is 6.75. The molecule has 0 heterocycles. The molecule has 0 aromatic heterocycles. The molecule has 112 valence electrons. The quantitative estimate of drug-likeness (QED) is 0.800. The molecule has 0 spiro atoms. The Morgan fingerprint density at radius 2 is 1.86 bits per heavy atom. The van der Waals surface area contributed by atoms with Crippen molar-refractivity contribution >= 4 is 17.3 Å². The largest absolute Gasteiger partial charge is 0.488 e. The number of hydrogen-bond acceptors (Lipinski definition) is 2. The van der Waals surface area contributed by atoms with Gasteiger partial charge in [-0.05, 0) is 41.7 Å². The second kappa shape index (κ2) is 5.98. The molecule has 0 aliphatic heterocycles. The summed E-state index contributed by atoms with van der Waals surface area (Å²) in [6, 6.07) is 11.8. The number of rotatable bonds is 3. The summed E-state index contributed by atoms with van der Waals surface area (Å²) < 4.78 is 6.03. The van der Waals surface area contributed by atoms with Gasteiger partial charge in [0.05, 0.1) is 0 Å². The van der Waals surface area contributed by atoms with Crippen LogP contribution in [0.4, 0.5) is 5.69 Å². The van der Waals surface area contributed by atoms with Crippen LogP contribution >= 0.6 is 11.6 Å². The summed E-state index contributed by atoms with van der Waals surface area (Å²) in [6.45, 7) is 8.96. The van der Waals surface area contributed by atoms with Crippen LogP contribution in [0.2, 0.25) is 5.02 Å². The Morgan fingerprint density at radius 3 is 2.48 bits per heavy atom. The molecule has 2 rings (SSSR count). The first-order valence-electron chi connectivity index (χ1n) is 7.06. The maximum atomic E-state index is 6.20. The zero-order valence-corrected chi connectivity index (χ0v) is 13.8. The third kappa shape index (κ3) is 3.70. The van der Waals surface area contributed by atoms with E-state index >= 15 is 0 Å². The number of nitrogen functional groups attached to an aromatic ring is 1. The molecule has 0 unspecified atom stereocenters. The topological polar surface area (TPSA) is 35.2 Å². The van der Waals surface area contributed by atoms with E-state index < -0.39 is 0 Å². The van der Waals surface area contributed by atoms with Crippen molar-refractivity contribution in [1.82, 2.24) is 0 Å². The zero-order chi connectivity index (χ0) is 15.6. The molecule has 0 fully saturated rings. The highest BCUT2D eigenvalue weighted by atomic mass is 35.5. The van der Waals surface area contributed by atoms with E-state index in [-0.39, 0.29) is 5.41 Å². The van der Waals surface area contributed by atoms with E-state index in [9.17, 15) is 0 Å². The molecule has 0 saturated carbocycles. The number of halogens is 1. The van der Waals surface area contributed by atoms with Crippen LogP contribution in [0.1, 0.15) is 37.5 Å². The molecule has 2 N–H and O–H groups in total. The zero-order valence-electron chi connectivity index (χ0n) is 13.0. The van der Waals surface area contributed by atoms with Crippen LogP contribution in [0.25, 0.3) is 0 Å². The lowest BCUT2D eigenvalue weighted by Crippen LogP contribution is -2.14. The van der Waals surface area contributed by atoms with Crippen molar-refractivity contribution in [3.8, 4) is 5.75 Å². The molecule has 0 atom stereocenters. The van der Waals surface area contributed by atoms with Crippen molar-refractivity contribution in [3.63, 3.8) is 0 Å². The van der Waals surface area contributed by atoms with Crippen LogP contribution in [0, 0.1) is 6.92 Å². The molecular formula is C18H22ClNO. The van der Waals surface area contributed by atoms with Gasteiger partial charge in [-0.15, -0.1) is 0 Å². The number of hydrogen-bond donors (Lipinski definition) is 1. The normalized spacial score (nSPS) is 11.5. The number of anilines is 1. The third-order valence-electron chi connectivity index (χ3n) is 3.47. The number of aryl methyl sites for hydroxylation is 1. The van der Waals surface area contributed by atoms with Crippen LogP contribution in [0.5, 0.6) is 5.75 Å².